The van der Waals surface area contributed by atoms with Gasteiger partial charge in [0, 0.05) is 24.1 Å². The monoisotopic (exact) mass is 261 g/mol. The Balaban J connectivity index is 2.16. The Bertz CT molecular complexity index is 536. The van der Waals surface area contributed by atoms with E-state index in [0.717, 1.165) is 24.1 Å². The van der Waals surface area contributed by atoms with E-state index >= 15 is 0 Å². The van der Waals surface area contributed by atoms with E-state index in [9.17, 15) is 14.4 Å². The molecule has 0 atom stereocenters. The van der Waals surface area contributed by atoms with Gasteiger partial charge in [0.1, 0.15) is 0 Å². The van der Waals surface area contributed by atoms with Crippen LogP contribution in [-0.4, -0.2) is 22.8 Å². The molecule has 2 rings (SSSR count). The van der Waals surface area contributed by atoms with Crippen LogP contribution < -0.4 is 5.32 Å². The summed E-state index contributed by atoms with van der Waals surface area (Å²) in [7, 11) is 0. The smallest absolute Gasteiger partial charge is 0.303 e. The molecule has 0 saturated heterocycles. The summed E-state index contributed by atoms with van der Waals surface area (Å²) in [4.78, 5) is 33.7. The van der Waals surface area contributed by atoms with Crippen LogP contribution >= 0.6 is 0 Å². The minimum atomic E-state index is -0.977. The maximum absolute atomic E-state index is 11.8. The van der Waals surface area contributed by atoms with Crippen molar-refractivity contribution in [3.63, 3.8) is 0 Å². The number of carboxylic acids is 1. The Morgan fingerprint density at radius 3 is 2.74 bits per heavy atom. The first kappa shape index (κ1) is 13.3. The molecule has 0 saturated carbocycles. The van der Waals surface area contributed by atoms with Crippen LogP contribution in [0.2, 0.25) is 0 Å². The molecule has 0 spiro atoms. The van der Waals surface area contributed by atoms with Gasteiger partial charge in [-0.3, -0.25) is 14.4 Å². The molecule has 5 nitrogen and oxygen atoms in total. The maximum atomic E-state index is 11.8. The van der Waals surface area contributed by atoms with Gasteiger partial charge in [-0.2, -0.15) is 0 Å². The van der Waals surface area contributed by atoms with Crippen molar-refractivity contribution in [2.75, 3.05) is 5.32 Å². The Morgan fingerprint density at radius 1 is 1.21 bits per heavy atom. The van der Waals surface area contributed by atoms with Gasteiger partial charge in [0.25, 0.3) is 0 Å². The second-order valence-corrected chi connectivity index (χ2v) is 4.59. The number of amides is 1. The van der Waals surface area contributed by atoms with Crippen LogP contribution in [0.3, 0.4) is 0 Å². The van der Waals surface area contributed by atoms with Crippen molar-refractivity contribution in [3.8, 4) is 0 Å². The molecule has 1 aromatic carbocycles. The van der Waals surface area contributed by atoms with Gasteiger partial charge in [-0.1, -0.05) is 0 Å². The van der Waals surface area contributed by atoms with Gasteiger partial charge >= 0.3 is 5.97 Å². The molecule has 0 fully saturated rings. The van der Waals surface area contributed by atoms with Crippen molar-refractivity contribution >= 4 is 23.3 Å². The van der Waals surface area contributed by atoms with E-state index in [0.29, 0.717) is 12.0 Å². The zero-order valence-corrected chi connectivity index (χ0v) is 10.4. The molecule has 0 bridgehead atoms. The molecule has 1 aliphatic heterocycles. The number of hydrogen-bond donors (Lipinski definition) is 2. The van der Waals surface area contributed by atoms with Crippen molar-refractivity contribution in [2.24, 2.45) is 0 Å². The Morgan fingerprint density at radius 2 is 2.00 bits per heavy atom. The van der Waals surface area contributed by atoms with E-state index in [4.69, 9.17) is 5.11 Å². The molecule has 19 heavy (non-hydrogen) atoms. The number of Topliss-reactive ketones (excluding diaryl/α,β-unsaturated/α-hetero) is 1. The van der Waals surface area contributed by atoms with Gasteiger partial charge in [0.2, 0.25) is 5.91 Å². The minimum Gasteiger partial charge on any atom is -0.481 e. The minimum absolute atomic E-state index is 0.000475. The van der Waals surface area contributed by atoms with Crippen molar-refractivity contribution in [1.82, 2.24) is 0 Å². The largest absolute Gasteiger partial charge is 0.481 e. The van der Waals surface area contributed by atoms with Crippen LogP contribution in [0.5, 0.6) is 0 Å². The van der Waals surface area contributed by atoms with Crippen LogP contribution in [0, 0.1) is 0 Å². The molecule has 5 heteroatoms. The fourth-order valence-electron chi connectivity index (χ4n) is 2.11. The van der Waals surface area contributed by atoms with E-state index in [-0.39, 0.29) is 24.5 Å². The third-order valence-electron chi connectivity index (χ3n) is 3.12. The van der Waals surface area contributed by atoms with Gasteiger partial charge in [0.05, 0.1) is 6.42 Å². The van der Waals surface area contributed by atoms with Gasteiger partial charge < -0.3 is 10.4 Å². The molecule has 0 unspecified atom stereocenters. The number of fused-ring (bicyclic) bond motifs is 1. The standard InChI is InChI=1S/C14H15NO4/c16-12(6-7-14(18)19)10-4-5-11-9(8-10)2-1-3-13(17)15-11/h4-5,8H,1-3,6-7H2,(H,15,17)(H,18,19). The zero-order chi connectivity index (χ0) is 13.8. The van der Waals surface area contributed by atoms with E-state index in [1.807, 2.05) is 0 Å². The number of rotatable bonds is 4. The number of carboxylic acid groups (broad SMARTS) is 1. The van der Waals surface area contributed by atoms with E-state index < -0.39 is 5.97 Å². The highest BCUT2D eigenvalue weighted by atomic mass is 16.4. The van der Waals surface area contributed by atoms with Gasteiger partial charge in [0.15, 0.2) is 5.78 Å². The van der Waals surface area contributed by atoms with Crippen LogP contribution in [0.15, 0.2) is 18.2 Å². The third-order valence-corrected chi connectivity index (χ3v) is 3.12. The zero-order valence-electron chi connectivity index (χ0n) is 10.4. The number of hydrogen-bond acceptors (Lipinski definition) is 3. The number of carbonyl (C=O) groups excluding carboxylic acids is 2. The molecule has 1 aliphatic rings. The lowest BCUT2D eigenvalue weighted by Crippen LogP contribution is -2.09. The SMILES string of the molecule is O=C(O)CCC(=O)c1ccc2c(c1)CCCC(=O)N2. The summed E-state index contributed by atoms with van der Waals surface area (Å²) in [6.45, 7) is 0. The molecule has 2 N–H and O–H groups in total. The van der Waals surface area contributed by atoms with E-state index in [1.54, 1.807) is 18.2 Å². The number of aliphatic carboxylic acids is 1. The average molecular weight is 261 g/mol. The summed E-state index contributed by atoms with van der Waals surface area (Å²) in [5.74, 6) is -1.17. The molecular weight excluding hydrogens is 246 g/mol. The van der Waals surface area contributed by atoms with Crippen LogP contribution in [-0.2, 0) is 16.0 Å². The average Bonchev–Trinajstić information content (AvgIpc) is 2.55. The topological polar surface area (TPSA) is 83.5 Å². The summed E-state index contributed by atoms with van der Waals surface area (Å²) < 4.78 is 0. The highest BCUT2D eigenvalue weighted by molar-refractivity contribution is 5.99. The summed E-state index contributed by atoms with van der Waals surface area (Å²) in [5, 5.41) is 11.4. The Labute approximate surface area is 110 Å². The number of nitrogens with one attached hydrogen (secondary N) is 1. The highest BCUT2D eigenvalue weighted by Gasteiger charge is 2.15. The maximum Gasteiger partial charge on any atom is 0.303 e. The highest BCUT2D eigenvalue weighted by Crippen LogP contribution is 2.23. The molecule has 0 radical (unpaired) electrons. The molecular formula is C14H15NO4. The third kappa shape index (κ3) is 3.40. The number of benzene rings is 1. The summed E-state index contributed by atoms with van der Waals surface area (Å²) in [6.07, 6.45) is 1.82. The van der Waals surface area contributed by atoms with Crippen molar-refractivity contribution in [1.29, 1.82) is 0 Å². The molecule has 1 amide bonds. The Kier molecular flexibility index (Phi) is 3.94. The van der Waals surface area contributed by atoms with E-state index in [1.165, 1.54) is 0 Å². The lowest BCUT2D eigenvalue weighted by Gasteiger charge is -2.08. The van der Waals surface area contributed by atoms with Gasteiger partial charge in [-0.25, -0.2) is 0 Å². The van der Waals surface area contributed by atoms with Crippen molar-refractivity contribution < 1.29 is 19.5 Å². The fraction of sp³-hybridized carbons (Fsp3) is 0.357. The number of anilines is 1. The van der Waals surface area contributed by atoms with Gasteiger partial charge in [-0.05, 0) is 36.6 Å². The van der Waals surface area contributed by atoms with Crippen LogP contribution in [0.1, 0.15) is 41.6 Å². The summed E-state index contributed by atoms with van der Waals surface area (Å²) >= 11 is 0. The first-order chi connectivity index (χ1) is 9.06. The lowest BCUT2D eigenvalue weighted by molar-refractivity contribution is -0.137. The second-order valence-electron chi connectivity index (χ2n) is 4.59. The molecule has 1 heterocycles. The quantitative estimate of drug-likeness (QED) is 0.812. The predicted molar refractivity (Wildman–Crippen MR) is 69.2 cm³/mol. The van der Waals surface area contributed by atoms with Crippen LogP contribution in [0.25, 0.3) is 0 Å². The van der Waals surface area contributed by atoms with Crippen LogP contribution in [0.4, 0.5) is 5.69 Å². The van der Waals surface area contributed by atoms with E-state index in [2.05, 4.69) is 5.32 Å². The molecule has 1 aromatic rings. The summed E-state index contributed by atoms with van der Waals surface area (Å²) in [5.41, 5.74) is 2.19. The van der Waals surface area contributed by atoms with Crippen molar-refractivity contribution in [2.45, 2.75) is 32.1 Å². The lowest BCUT2D eigenvalue weighted by atomic mass is 10.0. The molecule has 0 aliphatic carbocycles. The fourth-order valence-corrected chi connectivity index (χ4v) is 2.11. The number of carbonyl (C=O) groups is 3. The first-order valence-corrected chi connectivity index (χ1v) is 6.24. The first-order valence-electron chi connectivity index (χ1n) is 6.24. The molecule has 0 aromatic heterocycles. The number of aryl methyl sites for hydroxylation is 1. The number of ketones is 1. The summed E-state index contributed by atoms with van der Waals surface area (Å²) in [6, 6.07) is 5.10. The Hall–Kier alpha value is -2.17. The van der Waals surface area contributed by atoms with Gasteiger partial charge in [-0.15, -0.1) is 0 Å². The molecule has 100 valence electrons. The van der Waals surface area contributed by atoms with Crippen molar-refractivity contribution in [3.05, 3.63) is 29.3 Å². The predicted octanol–water partition coefficient (Wildman–Crippen LogP) is 2.01. The normalized spacial score (nSPS) is 14.2. The second kappa shape index (κ2) is 5.65.